The summed E-state index contributed by atoms with van der Waals surface area (Å²) in [5.74, 6) is -0.459. The number of amides is 4. The van der Waals surface area contributed by atoms with Crippen LogP contribution in [0.1, 0.15) is 16.7 Å². The Balaban J connectivity index is 1.63. The number of hydrogen-bond donors (Lipinski definition) is 1. The first-order valence-corrected chi connectivity index (χ1v) is 12.4. The maximum atomic E-state index is 13.1. The summed E-state index contributed by atoms with van der Waals surface area (Å²) in [6.07, 6.45) is 1.43. The lowest BCUT2D eigenvalue weighted by molar-refractivity contribution is -0.122. The van der Waals surface area contributed by atoms with Gasteiger partial charge in [-0.25, -0.2) is 9.69 Å². The van der Waals surface area contributed by atoms with E-state index in [0.29, 0.717) is 29.4 Å². The third kappa shape index (κ3) is 5.57. The molecule has 35 heavy (non-hydrogen) atoms. The van der Waals surface area contributed by atoms with Gasteiger partial charge in [0.05, 0.1) is 16.4 Å². The summed E-state index contributed by atoms with van der Waals surface area (Å²) in [6.45, 7) is 2.38. The number of imide groups is 2. The number of ether oxygens (including phenoxy) is 2. The zero-order chi connectivity index (χ0) is 25.1. The standard InChI is InChI=1S/C26H20BrIN2O5/c1-15-3-5-16(6-4-15)14-35-23-21(28)12-17(13-22(23)34-2)11-20-24(31)29-26(33)30(25(20)32)19-9-7-18(27)8-10-19/h3-13H,14H2,1-2H3,(H,29,31,33)/b20-11+. The van der Waals surface area contributed by atoms with Crippen LogP contribution >= 0.6 is 38.5 Å². The van der Waals surface area contributed by atoms with Gasteiger partial charge in [-0.2, -0.15) is 0 Å². The number of hydrogen-bond acceptors (Lipinski definition) is 5. The van der Waals surface area contributed by atoms with Crippen molar-refractivity contribution in [2.24, 2.45) is 0 Å². The van der Waals surface area contributed by atoms with Crippen LogP contribution < -0.4 is 19.7 Å². The molecule has 0 atom stereocenters. The van der Waals surface area contributed by atoms with Gasteiger partial charge in [-0.05, 0) is 83.1 Å². The highest BCUT2D eigenvalue weighted by Gasteiger charge is 2.36. The summed E-state index contributed by atoms with van der Waals surface area (Å²) in [5.41, 5.74) is 2.92. The van der Waals surface area contributed by atoms with Gasteiger partial charge < -0.3 is 9.47 Å². The third-order valence-corrected chi connectivity index (χ3v) is 6.58. The van der Waals surface area contributed by atoms with Crippen LogP contribution in [-0.4, -0.2) is 25.0 Å². The van der Waals surface area contributed by atoms with Gasteiger partial charge in [-0.15, -0.1) is 0 Å². The molecule has 7 nitrogen and oxygen atoms in total. The van der Waals surface area contributed by atoms with Crippen LogP contribution in [-0.2, 0) is 16.2 Å². The van der Waals surface area contributed by atoms with Crippen molar-refractivity contribution >= 4 is 68.1 Å². The molecule has 0 spiro atoms. The summed E-state index contributed by atoms with van der Waals surface area (Å²) in [4.78, 5) is 39.0. The predicted molar refractivity (Wildman–Crippen MR) is 144 cm³/mol. The van der Waals surface area contributed by atoms with Gasteiger partial charge in [0.2, 0.25) is 0 Å². The molecule has 3 aromatic carbocycles. The highest BCUT2D eigenvalue weighted by molar-refractivity contribution is 14.1. The largest absolute Gasteiger partial charge is 0.493 e. The molecule has 0 aliphatic carbocycles. The van der Waals surface area contributed by atoms with Crippen molar-refractivity contribution in [1.82, 2.24) is 5.32 Å². The quantitative estimate of drug-likeness (QED) is 0.214. The van der Waals surface area contributed by atoms with Gasteiger partial charge in [-0.1, -0.05) is 45.8 Å². The van der Waals surface area contributed by atoms with Crippen molar-refractivity contribution in [3.05, 3.63) is 91.0 Å². The fourth-order valence-electron chi connectivity index (χ4n) is 3.45. The Morgan fingerprint density at radius 1 is 1.03 bits per heavy atom. The van der Waals surface area contributed by atoms with Gasteiger partial charge in [0.1, 0.15) is 12.2 Å². The minimum atomic E-state index is -0.800. The maximum Gasteiger partial charge on any atom is 0.335 e. The Morgan fingerprint density at radius 2 is 1.71 bits per heavy atom. The number of carbonyl (C=O) groups is 3. The number of rotatable bonds is 6. The molecule has 178 valence electrons. The molecule has 0 saturated carbocycles. The van der Waals surface area contributed by atoms with E-state index in [1.165, 1.54) is 18.7 Å². The molecule has 9 heteroatoms. The molecule has 1 N–H and O–H groups in total. The Bertz CT molecular complexity index is 1340. The zero-order valence-corrected chi connectivity index (χ0v) is 22.5. The second-order valence-corrected chi connectivity index (χ2v) is 9.82. The minimum absolute atomic E-state index is 0.168. The van der Waals surface area contributed by atoms with Crippen molar-refractivity contribution in [1.29, 1.82) is 0 Å². The van der Waals surface area contributed by atoms with Crippen LogP contribution in [0.4, 0.5) is 10.5 Å². The van der Waals surface area contributed by atoms with Crippen molar-refractivity contribution < 1.29 is 23.9 Å². The molecule has 1 saturated heterocycles. The van der Waals surface area contributed by atoms with Gasteiger partial charge in [-0.3, -0.25) is 14.9 Å². The number of aryl methyl sites for hydroxylation is 1. The van der Waals surface area contributed by atoms with E-state index in [4.69, 9.17) is 9.47 Å². The summed E-state index contributed by atoms with van der Waals surface area (Å²) < 4.78 is 13.1. The molecule has 3 aromatic rings. The summed E-state index contributed by atoms with van der Waals surface area (Å²) >= 11 is 5.45. The molecule has 1 fully saturated rings. The number of methoxy groups -OCH3 is 1. The molecule has 4 amide bonds. The first-order valence-electron chi connectivity index (χ1n) is 10.5. The van der Waals surface area contributed by atoms with E-state index in [9.17, 15) is 14.4 Å². The molecule has 1 heterocycles. The molecular weight excluding hydrogens is 627 g/mol. The number of nitrogens with one attached hydrogen (secondary N) is 1. The van der Waals surface area contributed by atoms with Gasteiger partial charge in [0, 0.05) is 4.47 Å². The highest BCUT2D eigenvalue weighted by Crippen LogP contribution is 2.35. The monoisotopic (exact) mass is 646 g/mol. The van der Waals surface area contributed by atoms with Gasteiger partial charge >= 0.3 is 6.03 Å². The van der Waals surface area contributed by atoms with Crippen LogP contribution in [0.5, 0.6) is 11.5 Å². The second-order valence-electron chi connectivity index (χ2n) is 7.74. The molecule has 4 rings (SSSR count). The molecule has 0 aromatic heterocycles. The highest BCUT2D eigenvalue weighted by atomic mass is 127. The summed E-state index contributed by atoms with van der Waals surface area (Å²) in [7, 11) is 1.52. The molecular formula is C26H20BrIN2O5. The van der Waals surface area contributed by atoms with Crippen molar-refractivity contribution in [3.8, 4) is 11.5 Å². The average Bonchev–Trinajstić information content (AvgIpc) is 2.83. The second kappa shape index (κ2) is 10.6. The lowest BCUT2D eigenvalue weighted by Gasteiger charge is -2.26. The lowest BCUT2D eigenvalue weighted by atomic mass is 10.1. The van der Waals surface area contributed by atoms with E-state index in [1.807, 2.05) is 31.2 Å². The number of barbiturate groups is 1. The lowest BCUT2D eigenvalue weighted by Crippen LogP contribution is -2.54. The van der Waals surface area contributed by atoms with Crippen molar-refractivity contribution in [3.63, 3.8) is 0 Å². The first kappa shape index (κ1) is 24.9. The Morgan fingerprint density at radius 3 is 2.37 bits per heavy atom. The Hall–Kier alpha value is -3.18. The van der Waals surface area contributed by atoms with Crippen LogP contribution in [0, 0.1) is 10.5 Å². The first-order chi connectivity index (χ1) is 16.8. The smallest absolute Gasteiger partial charge is 0.335 e. The van der Waals surface area contributed by atoms with Crippen LogP contribution in [0.15, 0.2) is 70.7 Å². The van der Waals surface area contributed by atoms with E-state index in [-0.39, 0.29) is 5.57 Å². The number of halogens is 2. The number of benzene rings is 3. The Kier molecular flexibility index (Phi) is 7.56. The minimum Gasteiger partial charge on any atom is -0.493 e. The van der Waals surface area contributed by atoms with Gasteiger partial charge in [0.15, 0.2) is 11.5 Å². The summed E-state index contributed by atoms with van der Waals surface area (Å²) in [5, 5.41) is 2.23. The molecule has 0 radical (unpaired) electrons. The molecule has 1 aliphatic rings. The maximum absolute atomic E-state index is 13.1. The number of urea groups is 1. The number of carbonyl (C=O) groups excluding carboxylic acids is 3. The fraction of sp³-hybridized carbons (Fsp3) is 0.115. The molecule has 1 aliphatic heterocycles. The molecule has 0 bridgehead atoms. The van der Waals surface area contributed by atoms with E-state index in [0.717, 1.165) is 18.5 Å². The van der Waals surface area contributed by atoms with E-state index >= 15 is 0 Å². The summed E-state index contributed by atoms with van der Waals surface area (Å²) in [6, 6.07) is 17.3. The van der Waals surface area contributed by atoms with Crippen LogP contribution in [0.25, 0.3) is 6.08 Å². The Labute approximate surface area is 224 Å². The van der Waals surface area contributed by atoms with Crippen molar-refractivity contribution in [2.45, 2.75) is 13.5 Å². The van der Waals surface area contributed by atoms with Crippen LogP contribution in [0.3, 0.4) is 0 Å². The third-order valence-electron chi connectivity index (χ3n) is 5.25. The fourth-order valence-corrected chi connectivity index (χ4v) is 4.50. The molecule has 0 unspecified atom stereocenters. The SMILES string of the molecule is COc1cc(/C=C2\C(=O)NC(=O)N(c3ccc(Br)cc3)C2=O)cc(I)c1OCc1ccc(C)cc1. The van der Waals surface area contributed by atoms with Crippen LogP contribution in [0.2, 0.25) is 0 Å². The average molecular weight is 647 g/mol. The van der Waals surface area contributed by atoms with Gasteiger partial charge in [0.25, 0.3) is 11.8 Å². The predicted octanol–water partition coefficient (Wildman–Crippen LogP) is 5.62. The normalized spacial score (nSPS) is 14.8. The van der Waals surface area contributed by atoms with Crippen molar-refractivity contribution in [2.75, 3.05) is 12.0 Å². The zero-order valence-electron chi connectivity index (χ0n) is 18.8. The van der Waals surface area contributed by atoms with E-state index in [2.05, 4.69) is 43.8 Å². The van der Waals surface area contributed by atoms with E-state index < -0.39 is 17.8 Å². The number of nitrogens with zero attached hydrogens (tertiary/aromatic N) is 1. The number of anilines is 1. The topological polar surface area (TPSA) is 84.9 Å². The van der Waals surface area contributed by atoms with E-state index in [1.54, 1.807) is 36.4 Å².